The van der Waals surface area contributed by atoms with Crippen LogP contribution in [-0.2, 0) is 6.54 Å². The van der Waals surface area contributed by atoms with E-state index in [1.807, 2.05) is 0 Å². The highest BCUT2D eigenvalue weighted by Gasteiger charge is 2.17. The molecule has 1 N–H and O–H groups in total. The number of pyridine rings is 1. The minimum atomic E-state index is -1.24. The maximum absolute atomic E-state index is 12.2. The van der Waals surface area contributed by atoms with E-state index in [-0.39, 0.29) is 12.1 Å². The first kappa shape index (κ1) is 13.0. The summed E-state index contributed by atoms with van der Waals surface area (Å²) in [5, 5.41) is 12.8. The minimum absolute atomic E-state index is 0.0859. The highest BCUT2D eigenvalue weighted by atomic mass is 16.5. The van der Waals surface area contributed by atoms with Crippen LogP contribution in [0.15, 0.2) is 15.4 Å². The Balaban J connectivity index is 2.54. The van der Waals surface area contributed by atoms with E-state index in [2.05, 4.69) is 10.1 Å². The van der Waals surface area contributed by atoms with Crippen molar-refractivity contribution in [2.24, 2.45) is 0 Å². The second-order valence-corrected chi connectivity index (χ2v) is 4.27. The summed E-state index contributed by atoms with van der Waals surface area (Å²) < 4.78 is 6.15. The molecule has 19 heavy (non-hydrogen) atoms. The zero-order valence-electron chi connectivity index (χ0n) is 10.8. The first-order chi connectivity index (χ1) is 8.90. The third kappa shape index (κ3) is 2.40. The summed E-state index contributed by atoms with van der Waals surface area (Å²) in [6, 6.07) is 1.65. The molecule has 0 saturated carbocycles. The van der Waals surface area contributed by atoms with Gasteiger partial charge in [0.15, 0.2) is 5.82 Å². The van der Waals surface area contributed by atoms with Crippen LogP contribution in [0.5, 0.6) is 0 Å². The molecule has 0 atom stereocenters. The predicted octanol–water partition coefficient (Wildman–Crippen LogP) is 0.903. The van der Waals surface area contributed by atoms with Gasteiger partial charge in [-0.15, -0.1) is 0 Å². The van der Waals surface area contributed by atoms with E-state index in [1.54, 1.807) is 26.8 Å². The largest absolute Gasteiger partial charge is 0.477 e. The first-order valence-corrected chi connectivity index (χ1v) is 5.63. The second kappa shape index (κ2) is 4.68. The number of carboxylic acids is 1. The molecule has 2 heterocycles. The monoisotopic (exact) mass is 263 g/mol. The van der Waals surface area contributed by atoms with E-state index in [0.29, 0.717) is 23.0 Å². The van der Waals surface area contributed by atoms with Crippen LogP contribution in [0.25, 0.3) is 0 Å². The van der Waals surface area contributed by atoms with Gasteiger partial charge in [0.25, 0.3) is 5.56 Å². The SMILES string of the molecule is Cc1nc(Cn2c(C)cc(C)c(C(=O)O)c2=O)no1. The molecule has 0 fully saturated rings. The fraction of sp³-hybridized carbons (Fsp3) is 0.333. The van der Waals surface area contributed by atoms with E-state index in [4.69, 9.17) is 9.63 Å². The summed E-state index contributed by atoms with van der Waals surface area (Å²) in [4.78, 5) is 27.3. The molecule has 0 amide bonds. The molecule has 100 valence electrons. The van der Waals surface area contributed by atoms with Gasteiger partial charge in [-0.1, -0.05) is 5.16 Å². The van der Waals surface area contributed by atoms with Crippen LogP contribution in [0.1, 0.15) is 33.3 Å². The molecule has 2 aromatic heterocycles. The van der Waals surface area contributed by atoms with Gasteiger partial charge in [-0.25, -0.2) is 4.79 Å². The Morgan fingerprint density at radius 2 is 2.11 bits per heavy atom. The van der Waals surface area contributed by atoms with Gasteiger partial charge in [0, 0.05) is 12.6 Å². The van der Waals surface area contributed by atoms with Crippen molar-refractivity contribution in [3.63, 3.8) is 0 Å². The van der Waals surface area contributed by atoms with Gasteiger partial charge in [0.05, 0.1) is 6.54 Å². The van der Waals surface area contributed by atoms with Crippen molar-refractivity contribution in [2.45, 2.75) is 27.3 Å². The van der Waals surface area contributed by atoms with Gasteiger partial charge < -0.3 is 14.2 Å². The lowest BCUT2D eigenvalue weighted by molar-refractivity contribution is 0.0693. The van der Waals surface area contributed by atoms with Crippen molar-refractivity contribution in [3.05, 3.63) is 45.0 Å². The van der Waals surface area contributed by atoms with Crippen molar-refractivity contribution in [3.8, 4) is 0 Å². The summed E-state index contributed by atoms with van der Waals surface area (Å²) in [5.41, 5.74) is 0.295. The number of hydrogen-bond donors (Lipinski definition) is 1. The zero-order valence-corrected chi connectivity index (χ0v) is 10.8. The Hall–Kier alpha value is -2.44. The van der Waals surface area contributed by atoms with E-state index in [9.17, 15) is 9.59 Å². The normalized spacial score (nSPS) is 10.7. The van der Waals surface area contributed by atoms with Gasteiger partial charge in [-0.2, -0.15) is 4.98 Å². The van der Waals surface area contributed by atoms with Crippen molar-refractivity contribution >= 4 is 5.97 Å². The average Bonchev–Trinajstić information content (AvgIpc) is 2.69. The Bertz CT molecular complexity index is 699. The molecule has 0 aromatic carbocycles. The summed E-state index contributed by atoms with van der Waals surface area (Å²) in [6.45, 7) is 5.06. The lowest BCUT2D eigenvalue weighted by Crippen LogP contribution is -2.30. The molecule has 7 nitrogen and oxygen atoms in total. The maximum atomic E-state index is 12.2. The van der Waals surface area contributed by atoms with Gasteiger partial charge >= 0.3 is 5.97 Å². The smallest absolute Gasteiger partial charge is 0.341 e. The molecule has 7 heteroatoms. The highest BCUT2D eigenvalue weighted by molar-refractivity contribution is 5.88. The molecule has 0 aliphatic carbocycles. The molecule has 0 aliphatic rings. The van der Waals surface area contributed by atoms with Crippen molar-refractivity contribution in [1.29, 1.82) is 0 Å². The van der Waals surface area contributed by atoms with Crippen LogP contribution in [0.4, 0.5) is 0 Å². The summed E-state index contributed by atoms with van der Waals surface area (Å²) in [7, 11) is 0. The lowest BCUT2D eigenvalue weighted by atomic mass is 10.1. The van der Waals surface area contributed by atoms with Gasteiger partial charge in [0.2, 0.25) is 5.89 Å². The van der Waals surface area contributed by atoms with Gasteiger partial charge in [-0.3, -0.25) is 4.79 Å². The molecular weight excluding hydrogens is 250 g/mol. The molecule has 2 aromatic rings. The minimum Gasteiger partial charge on any atom is -0.477 e. The second-order valence-electron chi connectivity index (χ2n) is 4.27. The molecule has 2 rings (SSSR count). The number of aromatic carboxylic acids is 1. The van der Waals surface area contributed by atoms with Gasteiger partial charge in [0.1, 0.15) is 5.56 Å². The molecule has 0 unspecified atom stereocenters. The standard InChI is InChI=1S/C12H13N3O4/c1-6-4-7(2)15(11(16)10(6)12(17)18)5-9-13-8(3)19-14-9/h4H,5H2,1-3H3,(H,17,18). The zero-order chi connectivity index (χ0) is 14.2. The first-order valence-electron chi connectivity index (χ1n) is 5.63. The predicted molar refractivity (Wildman–Crippen MR) is 65.3 cm³/mol. The fourth-order valence-corrected chi connectivity index (χ4v) is 1.93. The number of nitrogens with zero attached hydrogens (tertiary/aromatic N) is 3. The molecular formula is C12H13N3O4. The molecule has 0 aliphatic heterocycles. The van der Waals surface area contributed by atoms with Crippen LogP contribution in [0, 0.1) is 20.8 Å². The quantitative estimate of drug-likeness (QED) is 0.883. The summed E-state index contributed by atoms with van der Waals surface area (Å²) in [6.07, 6.45) is 0. The molecule has 0 saturated heterocycles. The van der Waals surface area contributed by atoms with E-state index in [1.165, 1.54) is 4.57 Å². The number of rotatable bonds is 3. The summed E-state index contributed by atoms with van der Waals surface area (Å²) >= 11 is 0. The highest BCUT2D eigenvalue weighted by Crippen LogP contribution is 2.08. The third-order valence-electron chi connectivity index (χ3n) is 2.79. The van der Waals surface area contributed by atoms with E-state index in [0.717, 1.165) is 0 Å². The number of carbonyl (C=O) groups is 1. The van der Waals surface area contributed by atoms with Crippen LogP contribution in [0.2, 0.25) is 0 Å². The number of hydrogen-bond acceptors (Lipinski definition) is 5. The third-order valence-corrected chi connectivity index (χ3v) is 2.79. The van der Waals surface area contributed by atoms with Crippen LogP contribution in [-0.4, -0.2) is 25.8 Å². The van der Waals surface area contributed by atoms with Crippen molar-refractivity contribution < 1.29 is 14.4 Å². The number of aryl methyl sites for hydroxylation is 3. The lowest BCUT2D eigenvalue weighted by Gasteiger charge is -2.10. The van der Waals surface area contributed by atoms with Crippen LogP contribution in [0.3, 0.4) is 0 Å². The Morgan fingerprint density at radius 1 is 1.42 bits per heavy atom. The number of carboxylic acid groups (broad SMARTS) is 1. The van der Waals surface area contributed by atoms with Crippen molar-refractivity contribution in [1.82, 2.24) is 14.7 Å². The molecule has 0 spiro atoms. The van der Waals surface area contributed by atoms with Crippen molar-refractivity contribution in [2.75, 3.05) is 0 Å². The Morgan fingerprint density at radius 3 is 2.63 bits per heavy atom. The molecule has 0 radical (unpaired) electrons. The van der Waals surface area contributed by atoms with Crippen LogP contribution >= 0.6 is 0 Å². The van der Waals surface area contributed by atoms with E-state index >= 15 is 0 Å². The maximum Gasteiger partial charge on any atom is 0.341 e. The fourth-order valence-electron chi connectivity index (χ4n) is 1.93. The average molecular weight is 263 g/mol. The van der Waals surface area contributed by atoms with Gasteiger partial charge in [-0.05, 0) is 25.5 Å². The topological polar surface area (TPSA) is 98.2 Å². The number of aromatic nitrogens is 3. The van der Waals surface area contributed by atoms with E-state index < -0.39 is 11.5 Å². The Kier molecular flexibility index (Phi) is 3.20. The van der Waals surface area contributed by atoms with Crippen LogP contribution < -0.4 is 5.56 Å². The Labute approximate surface area is 108 Å². The molecule has 0 bridgehead atoms. The summed E-state index contributed by atoms with van der Waals surface area (Å²) in [5.74, 6) is -0.505.